The number of hydrogen-bond donors (Lipinski definition) is 2. The molecule has 3 aromatic rings. The van der Waals surface area contributed by atoms with E-state index in [0.717, 1.165) is 11.1 Å². The van der Waals surface area contributed by atoms with Crippen LogP contribution in [-0.2, 0) is 0 Å². The number of nitrogens with one attached hydrogen (secondary N) is 1. The van der Waals surface area contributed by atoms with Gasteiger partial charge in [-0.1, -0.05) is 24.3 Å². The zero-order valence-electron chi connectivity index (χ0n) is 14.1. The summed E-state index contributed by atoms with van der Waals surface area (Å²) in [5, 5.41) is 11.8. The van der Waals surface area contributed by atoms with Crippen molar-refractivity contribution in [2.24, 2.45) is 0 Å². The van der Waals surface area contributed by atoms with Crippen molar-refractivity contribution in [2.75, 3.05) is 12.4 Å². The first-order valence-corrected chi connectivity index (χ1v) is 7.96. The summed E-state index contributed by atoms with van der Waals surface area (Å²) in [5.74, 6) is -0.489. The van der Waals surface area contributed by atoms with Crippen molar-refractivity contribution in [2.45, 2.75) is 0 Å². The predicted octanol–water partition coefficient (Wildman–Crippen LogP) is 4.31. The summed E-state index contributed by atoms with van der Waals surface area (Å²) in [7, 11) is 1.57. The molecule has 0 fully saturated rings. The van der Waals surface area contributed by atoms with E-state index in [4.69, 9.17) is 9.84 Å². The summed E-state index contributed by atoms with van der Waals surface area (Å²) in [4.78, 5) is 23.3. The van der Waals surface area contributed by atoms with Crippen molar-refractivity contribution in [3.8, 4) is 16.9 Å². The fraction of sp³-hybridized carbons (Fsp3) is 0.0476. The normalized spacial score (nSPS) is 10.2. The number of hydrogen-bond acceptors (Lipinski definition) is 3. The molecule has 0 aliphatic rings. The van der Waals surface area contributed by atoms with E-state index in [1.807, 2.05) is 18.2 Å². The lowest BCUT2D eigenvalue weighted by Gasteiger charge is -2.09. The summed E-state index contributed by atoms with van der Waals surface area (Å²) < 4.78 is 5.09. The van der Waals surface area contributed by atoms with E-state index in [1.54, 1.807) is 61.7 Å². The number of aromatic carboxylic acids is 1. The van der Waals surface area contributed by atoms with E-state index in [0.29, 0.717) is 17.0 Å². The monoisotopic (exact) mass is 347 g/mol. The minimum Gasteiger partial charge on any atom is -0.497 e. The zero-order chi connectivity index (χ0) is 18.5. The molecule has 5 heteroatoms. The molecule has 0 heterocycles. The molecule has 5 nitrogen and oxygen atoms in total. The molecule has 0 saturated heterocycles. The molecular weight excluding hydrogens is 330 g/mol. The molecule has 0 unspecified atom stereocenters. The van der Waals surface area contributed by atoms with Gasteiger partial charge in [-0.3, -0.25) is 4.79 Å². The molecule has 2 N–H and O–H groups in total. The lowest BCUT2D eigenvalue weighted by atomic mass is 10.0. The number of carbonyl (C=O) groups is 2. The lowest BCUT2D eigenvalue weighted by Crippen LogP contribution is -2.11. The van der Waals surface area contributed by atoms with Gasteiger partial charge in [0.2, 0.25) is 0 Å². The fourth-order valence-corrected chi connectivity index (χ4v) is 2.53. The fourth-order valence-electron chi connectivity index (χ4n) is 2.53. The number of anilines is 1. The number of carboxylic acids is 1. The van der Waals surface area contributed by atoms with Crippen LogP contribution in [0.3, 0.4) is 0 Å². The second-order valence-corrected chi connectivity index (χ2v) is 5.65. The largest absolute Gasteiger partial charge is 0.497 e. The third kappa shape index (κ3) is 3.89. The zero-order valence-corrected chi connectivity index (χ0v) is 14.1. The van der Waals surface area contributed by atoms with Crippen molar-refractivity contribution in [1.29, 1.82) is 0 Å². The number of rotatable bonds is 5. The molecular formula is C21H17NO4. The van der Waals surface area contributed by atoms with Gasteiger partial charge in [-0.2, -0.15) is 0 Å². The Kier molecular flexibility index (Phi) is 4.99. The highest BCUT2D eigenvalue weighted by Gasteiger charge is 2.08. The molecule has 1 amide bonds. The highest BCUT2D eigenvalue weighted by molar-refractivity contribution is 6.04. The third-order valence-corrected chi connectivity index (χ3v) is 3.94. The van der Waals surface area contributed by atoms with Crippen molar-refractivity contribution in [3.05, 3.63) is 83.9 Å². The molecule has 0 spiro atoms. The molecule has 0 aromatic heterocycles. The van der Waals surface area contributed by atoms with Gasteiger partial charge in [-0.25, -0.2) is 4.79 Å². The number of amides is 1. The van der Waals surface area contributed by atoms with Crippen LogP contribution < -0.4 is 10.1 Å². The average Bonchev–Trinajstić information content (AvgIpc) is 2.68. The van der Waals surface area contributed by atoms with Gasteiger partial charge in [0.15, 0.2) is 0 Å². The maximum atomic E-state index is 12.4. The minimum atomic E-state index is -0.961. The summed E-state index contributed by atoms with van der Waals surface area (Å²) in [6.45, 7) is 0. The van der Waals surface area contributed by atoms with E-state index < -0.39 is 5.97 Å². The van der Waals surface area contributed by atoms with Gasteiger partial charge in [0, 0.05) is 11.3 Å². The molecule has 26 heavy (non-hydrogen) atoms. The Bertz CT molecular complexity index is 931. The molecule has 0 saturated carbocycles. The predicted molar refractivity (Wildman–Crippen MR) is 99.8 cm³/mol. The average molecular weight is 347 g/mol. The van der Waals surface area contributed by atoms with Crippen LogP contribution in [0.5, 0.6) is 5.75 Å². The van der Waals surface area contributed by atoms with Crippen LogP contribution in [0, 0.1) is 0 Å². The van der Waals surface area contributed by atoms with Gasteiger partial charge in [-0.05, 0) is 59.7 Å². The van der Waals surface area contributed by atoms with Crippen LogP contribution in [0.15, 0.2) is 72.8 Å². The van der Waals surface area contributed by atoms with Crippen LogP contribution in [-0.4, -0.2) is 24.1 Å². The summed E-state index contributed by atoms with van der Waals surface area (Å²) in [6, 6.07) is 20.8. The first-order valence-electron chi connectivity index (χ1n) is 7.96. The van der Waals surface area contributed by atoms with Gasteiger partial charge < -0.3 is 15.2 Å². The van der Waals surface area contributed by atoms with Crippen LogP contribution in [0.25, 0.3) is 11.1 Å². The molecule has 3 aromatic carbocycles. The Labute approximate surface area is 150 Å². The second-order valence-electron chi connectivity index (χ2n) is 5.65. The molecule has 3 rings (SSSR count). The van der Waals surface area contributed by atoms with Gasteiger partial charge in [0.05, 0.1) is 12.7 Å². The second kappa shape index (κ2) is 7.53. The van der Waals surface area contributed by atoms with Crippen molar-refractivity contribution >= 4 is 17.6 Å². The first kappa shape index (κ1) is 17.2. The summed E-state index contributed by atoms with van der Waals surface area (Å²) in [5.41, 5.74) is 3.18. The van der Waals surface area contributed by atoms with Crippen LogP contribution in [0.1, 0.15) is 20.7 Å². The van der Waals surface area contributed by atoms with Crippen molar-refractivity contribution in [3.63, 3.8) is 0 Å². The Morgan fingerprint density at radius 3 is 2.12 bits per heavy atom. The van der Waals surface area contributed by atoms with E-state index in [2.05, 4.69) is 5.32 Å². The van der Waals surface area contributed by atoms with Gasteiger partial charge in [-0.15, -0.1) is 0 Å². The number of carboxylic acid groups (broad SMARTS) is 1. The molecule has 0 atom stereocenters. The quantitative estimate of drug-likeness (QED) is 0.721. The van der Waals surface area contributed by atoms with Crippen molar-refractivity contribution < 1.29 is 19.4 Å². The Morgan fingerprint density at radius 2 is 1.50 bits per heavy atom. The topological polar surface area (TPSA) is 75.6 Å². The molecule has 130 valence electrons. The number of carbonyl (C=O) groups excluding carboxylic acids is 1. The van der Waals surface area contributed by atoms with E-state index >= 15 is 0 Å². The molecule has 0 radical (unpaired) electrons. The SMILES string of the molecule is COc1ccc(C(=O)Nc2cccc(-c3ccc(C(=O)O)cc3)c2)cc1. The van der Waals surface area contributed by atoms with E-state index in [1.165, 1.54) is 0 Å². The Hall–Kier alpha value is -3.60. The molecule has 0 aliphatic heterocycles. The van der Waals surface area contributed by atoms with Gasteiger partial charge in [0.25, 0.3) is 5.91 Å². The van der Waals surface area contributed by atoms with E-state index in [9.17, 15) is 9.59 Å². The van der Waals surface area contributed by atoms with Crippen molar-refractivity contribution in [1.82, 2.24) is 0 Å². The van der Waals surface area contributed by atoms with Gasteiger partial charge >= 0.3 is 5.97 Å². The Morgan fingerprint density at radius 1 is 0.846 bits per heavy atom. The number of ether oxygens (including phenoxy) is 1. The highest BCUT2D eigenvalue weighted by Crippen LogP contribution is 2.23. The van der Waals surface area contributed by atoms with Gasteiger partial charge in [0.1, 0.15) is 5.75 Å². The maximum absolute atomic E-state index is 12.4. The first-order chi connectivity index (χ1) is 12.6. The lowest BCUT2D eigenvalue weighted by molar-refractivity contribution is 0.0696. The summed E-state index contributed by atoms with van der Waals surface area (Å²) in [6.07, 6.45) is 0. The molecule has 0 aliphatic carbocycles. The minimum absolute atomic E-state index is 0.217. The Balaban J connectivity index is 1.78. The highest BCUT2D eigenvalue weighted by atomic mass is 16.5. The number of methoxy groups -OCH3 is 1. The smallest absolute Gasteiger partial charge is 0.335 e. The number of benzene rings is 3. The van der Waals surface area contributed by atoms with Crippen LogP contribution >= 0.6 is 0 Å². The third-order valence-electron chi connectivity index (χ3n) is 3.94. The summed E-state index contributed by atoms with van der Waals surface area (Å²) >= 11 is 0. The molecule has 0 bridgehead atoms. The van der Waals surface area contributed by atoms with Crippen LogP contribution in [0.4, 0.5) is 5.69 Å². The standard InChI is InChI=1S/C21H17NO4/c1-26-19-11-9-15(10-12-19)20(23)22-18-4-2-3-17(13-18)14-5-7-16(8-6-14)21(24)25/h2-13H,1H3,(H,22,23)(H,24,25). The van der Waals surface area contributed by atoms with E-state index in [-0.39, 0.29) is 11.5 Å². The van der Waals surface area contributed by atoms with Crippen LogP contribution in [0.2, 0.25) is 0 Å². The maximum Gasteiger partial charge on any atom is 0.335 e.